The van der Waals surface area contributed by atoms with Gasteiger partial charge in [0.25, 0.3) is 0 Å². The number of carbonyl (C=O) groups is 1. The van der Waals surface area contributed by atoms with Crippen LogP contribution in [-0.2, 0) is 14.9 Å². The SMILES string of the molecule is COc1ccc(C2(CNC(=O)C(C)CN)CCOCC2)cc1. The Hall–Kier alpha value is -1.59. The van der Waals surface area contributed by atoms with Gasteiger partial charge in [0.05, 0.1) is 7.11 Å². The Bertz CT molecular complexity index is 481. The second-order valence-electron chi connectivity index (χ2n) is 5.98. The van der Waals surface area contributed by atoms with Gasteiger partial charge in [-0.25, -0.2) is 0 Å². The molecule has 1 aliphatic rings. The highest BCUT2D eigenvalue weighted by Gasteiger charge is 2.35. The molecular formula is C17H26N2O3. The van der Waals surface area contributed by atoms with E-state index in [1.807, 2.05) is 19.1 Å². The van der Waals surface area contributed by atoms with Crippen molar-refractivity contribution in [3.8, 4) is 5.75 Å². The predicted molar refractivity (Wildman–Crippen MR) is 86.0 cm³/mol. The molecule has 1 unspecified atom stereocenters. The second kappa shape index (κ2) is 7.61. The van der Waals surface area contributed by atoms with E-state index in [1.54, 1.807) is 7.11 Å². The van der Waals surface area contributed by atoms with Crippen LogP contribution in [-0.4, -0.2) is 39.3 Å². The van der Waals surface area contributed by atoms with E-state index in [0.717, 1.165) is 18.6 Å². The molecule has 0 radical (unpaired) electrons. The van der Waals surface area contributed by atoms with Gasteiger partial charge < -0.3 is 20.5 Å². The number of nitrogens with one attached hydrogen (secondary N) is 1. The third-order valence-corrected chi connectivity index (χ3v) is 4.55. The van der Waals surface area contributed by atoms with Gasteiger partial charge in [-0.1, -0.05) is 19.1 Å². The second-order valence-corrected chi connectivity index (χ2v) is 5.98. The number of carbonyl (C=O) groups excluding carboxylic acids is 1. The number of methoxy groups -OCH3 is 1. The molecule has 1 fully saturated rings. The number of nitrogens with two attached hydrogens (primary N) is 1. The van der Waals surface area contributed by atoms with E-state index < -0.39 is 0 Å². The van der Waals surface area contributed by atoms with Crippen molar-refractivity contribution in [2.75, 3.05) is 33.4 Å². The molecule has 1 aromatic carbocycles. The van der Waals surface area contributed by atoms with Crippen molar-refractivity contribution in [3.63, 3.8) is 0 Å². The van der Waals surface area contributed by atoms with Crippen molar-refractivity contribution >= 4 is 5.91 Å². The van der Waals surface area contributed by atoms with E-state index in [-0.39, 0.29) is 17.2 Å². The molecule has 22 heavy (non-hydrogen) atoms. The smallest absolute Gasteiger partial charge is 0.224 e. The van der Waals surface area contributed by atoms with Crippen molar-refractivity contribution < 1.29 is 14.3 Å². The highest BCUT2D eigenvalue weighted by Crippen LogP contribution is 2.35. The fourth-order valence-corrected chi connectivity index (χ4v) is 2.81. The van der Waals surface area contributed by atoms with Gasteiger partial charge in [0, 0.05) is 37.6 Å². The molecule has 1 aromatic rings. The summed E-state index contributed by atoms with van der Waals surface area (Å²) >= 11 is 0. The molecule has 1 aliphatic heterocycles. The fourth-order valence-electron chi connectivity index (χ4n) is 2.81. The maximum absolute atomic E-state index is 12.0. The Morgan fingerprint density at radius 2 is 2.00 bits per heavy atom. The Balaban J connectivity index is 2.14. The van der Waals surface area contributed by atoms with E-state index >= 15 is 0 Å². The molecule has 0 spiro atoms. The number of amides is 1. The first-order valence-electron chi connectivity index (χ1n) is 7.81. The van der Waals surface area contributed by atoms with E-state index in [0.29, 0.717) is 26.3 Å². The minimum Gasteiger partial charge on any atom is -0.497 e. The summed E-state index contributed by atoms with van der Waals surface area (Å²) < 4.78 is 10.7. The minimum atomic E-state index is -0.159. The van der Waals surface area contributed by atoms with Crippen LogP contribution in [0.2, 0.25) is 0 Å². The fraction of sp³-hybridized carbons (Fsp3) is 0.588. The first-order chi connectivity index (χ1) is 10.6. The molecule has 1 amide bonds. The molecule has 5 nitrogen and oxygen atoms in total. The Morgan fingerprint density at radius 1 is 1.36 bits per heavy atom. The zero-order chi connectivity index (χ0) is 16.0. The molecular weight excluding hydrogens is 280 g/mol. The van der Waals surface area contributed by atoms with Crippen LogP contribution in [0.4, 0.5) is 0 Å². The number of hydrogen-bond donors (Lipinski definition) is 2. The molecule has 0 aliphatic carbocycles. The summed E-state index contributed by atoms with van der Waals surface area (Å²) in [6, 6.07) is 8.11. The molecule has 2 rings (SSSR count). The third-order valence-electron chi connectivity index (χ3n) is 4.55. The van der Waals surface area contributed by atoms with Gasteiger partial charge in [0.1, 0.15) is 5.75 Å². The van der Waals surface area contributed by atoms with Crippen LogP contribution in [0, 0.1) is 5.92 Å². The molecule has 1 saturated heterocycles. The molecule has 1 atom stereocenters. The van der Waals surface area contributed by atoms with Gasteiger partial charge in [-0.05, 0) is 30.5 Å². The summed E-state index contributed by atoms with van der Waals surface area (Å²) in [4.78, 5) is 12.0. The van der Waals surface area contributed by atoms with E-state index in [4.69, 9.17) is 15.2 Å². The molecule has 1 heterocycles. The van der Waals surface area contributed by atoms with Crippen LogP contribution >= 0.6 is 0 Å². The van der Waals surface area contributed by atoms with Gasteiger partial charge in [-0.15, -0.1) is 0 Å². The lowest BCUT2D eigenvalue weighted by atomic mass is 9.74. The minimum absolute atomic E-state index is 0.0156. The number of benzene rings is 1. The van der Waals surface area contributed by atoms with E-state index in [9.17, 15) is 4.79 Å². The van der Waals surface area contributed by atoms with Gasteiger partial charge in [-0.2, -0.15) is 0 Å². The van der Waals surface area contributed by atoms with E-state index in [1.165, 1.54) is 5.56 Å². The highest BCUT2D eigenvalue weighted by molar-refractivity contribution is 5.78. The zero-order valence-corrected chi connectivity index (χ0v) is 13.4. The summed E-state index contributed by atoms with van der Waals surface area (Å²) in [7, 11) is 1.66. The summed E-state index contributed by atoms with van der Waals surface area (Å²) in [5.74, 6) is 0.696. The summed E-state index contributed by atoms with van der Waals surface area (Å²) in [5.41, 5.74) is 6.71. The summed E-state index contributed by atoms with van der Waals surface area (Å²) in [6.07, 6.45) is 1.80. The molecule has 0 saturated carbocycles. The topological polar surface area (TPSA) is 73.6 Å². The standard InChI is InChI=1S/C17H26N2O3/c1-13(11-18)16(20)19-12-17(7-9-22-10-8-17)14-3-5-15(21-2)6-4-14/h3-6,13H,7-12,18H2,1-2H3,(H,19,20). The van der Waals surface area contributed by atoms with Crippen LogP contribution in [0.25, 0.3) is 0 Å². The van der Waals surface area contributed by atoms with Crippen molar-refractivity contribution in [2.45, 2.75) is 25.2 Å². The van der Waals surface area contributed by atoms with Gasteiger partial charge in [-0.3, -0.25) is 4.79 Å². The lowest BCUT2D eigenvalue weighted by molar-refractivity contribution is -0.124. The Kier molecular flexibility index (Phi) is 5.80. The molecule has 122 valence electrons. The third kappa shape index (κ3) is 3.78. The number of hydrogen-bond acceptors (Lipinski definition) is 4. The van der Waals surface area contributed by atoms with Crippen molar-refractivity contribution in [3.05, 3.63) is 29.8 Å². The van der Waals surface area contributed by atoms with Crippen molar-refractivity contribution in [1.82, 2.24) is 5.32 Å². The van der Waals surface area contributed by atoms with Crippen LogP contribution in [0.5, 0.6) is 5.75 Å². The van der Waals surface area contributed by atoms with Crippen LogP contribution in [0.1, 0.15) is 25.3 Å². The van der Waals surface area contributed by atoms with Gasteiger partial charge >= 0.3 is 0 Å². The van der Waals surface area contributed by atoms with E-state index in [2.05, 4.69) is 17.4 Å². The molecule has 3 N–H and O–H groups in total. The maximum Gasteiger partial charge on any atom is 0.224 e. The first-order valence-corrected chi connectivity index (χ1v) is 7.81. The average Bonchev–Trinajstić information content (AvgIpc) is 2.59. The maximum atomic E-state index is 12.0. The van der Waals surface area contributed by atoms with Crippen molar-refractivity contribution in [2.24, 2.45) is 11.7 Å². The highest BCUT2D eigenvalue weighted by atomic mass is 16.5. The van der Waals surface area contributed by atoms with Gasteiger partial charge in [0.15, 0.2) is 0 Å². The molecule has 5 heteroatoms. The number of ether oxygens (including phenoxy) is 2. The first kappa shape index (κ1) is 16.8. The van der Waals surface area contributed by atoms with Crippen LogP contribution in [0.3, 0.4) is 0 Å². The van der Waals surface area contributed by atoms with Gasteiger partial charge in [0.2, 0.25) is 5.91 Å². The zero-order valence-electron chi connectivity index (χ0n) is 13.4. The lowest BCUT2D eigenvalue weighted by Gasteiger charge is -2.38. The quantitative estimate of drug-likeness (QED) is 0.834. The summed E-state index contributed by atoms with van der Waals surface area (Å²) in [6.45, 7) is 4.26. The Labute approximate surface area is 132 Å². The van der Waals surface area contributed by atoms with Crippen LogP contribution in [0.15, 0.2) is 24.3 Å². The number of rotatable bonds is 6. The van der Waals surface area contributed by atoms with Crippen molar-refractivity contribution in [1.29, 1.82) is 0 Å². The Morgan fingerprint density at radius 3 is 2.55 bits per heavy atom. The lowest BCUT2D eigenvalue weighted by Crippen LogP contribution is -2.46. The normalized spacial score (nSPS) is 18.5. The van der Waals surface area contributed by atoms with Crippen LogP contribution < -0.4 is 15.8 Å². The monoisotopic (exact) mass is 306 g/mol. The predicted octanol–water partition coefficient (Wildman–Crippen LogP) is 1.45. The molecule has 0 bridgehead atoms. The average molecular weight is 306 g/mol. The molecule has 0 aromatic heterocycles. The summed E-state index contributed by atoms with van der Waals surface area (Å²) in [5, 5.41) is 3.07. The largest absolute Gasteiger partial charge is 0.497 e.